The fraction of sp³-hybridized carbons (Fsp3) is 0.214. The van der Waals surface area contributed by atoms with Crippen LogP contribution in [-0.2, 0) is 7.05 Å². The fourth-order valence-electron chi connectivity index (χ4n) is 2.08. The average Bonchev–Trinajstić information content (AvgIpc) is 2.79. The minimum absolute atomic E-state index is 0.469. The lowest BCUT2D eigenvalue weighted by Gasteiger charge is -2.09. The molecule has 0 spiro atoms. The molecule has 0 fully saturated rings. The quantitative estimate of drug-likeness (QED) is 0.720. The fourth-order valence-corrected chi connectivity index (χ4v) is 2.30. The summed E-state index contributed by atoms with van der Waals surface area (Å²) in [5.41, 5.74) is 3.64. The van der Waals surface area contributed by atoms with E-state index in [1.807, 2.05) is 37.6 Å². The molecule has 0 aliphatic carbocycles. The summed E-state index contributed by atoms with van der Waals surface area (Å²) in [5, 5.41) is 0. The smallest absolute Gasteiger partial charge is 0.250 e. The topological polar surface area (TPSA) is 52.8 Å². The highest BCUT2D eigenvalue weighted by Gasteiger charge is 2.11. The second kappa shape index (κ2) is 4.86. The molecule has 0 radical (unpaired) electrons. The van der Waals surface area contributed by atoms with Gasteiger partial charge in [-0.15, -0.1) is 0 Å². The Morgan fingerprint density at radius 2 is 1.80 bits per heavy atom. The minimum Gasteiger partial charge on any atom is -0.437 e. The van der Waals surface area contributed by atoms with Gasteiger partial charge in [0.05, 0.1) is 6.33 Å². The van der Waals surface area contributed by atoms with Crippen molar-refractivity contribution in [3.05, 3.63) is 40.4 Å². The summed E-state index contributed by atoms with van der Waals surface area (Å²) in [6.45, 7) is 4.06. The third-order valence-corrected chi connectivity index (χ3v) is 4.34. The highest BCUT2D eigenvalue weighted by Crippen LogP contribution is 2.30. The molecule has 3 aromatic rings. The molecule has 0 saturated carbocycles. The maximum absolute atomic E-state index is 5.87. The maximum atomic E-state index is 5.87. The number of rotatable bonds is 2. The highest BCUT2D eigenvalue weighted by atomic mass is 79.9. The van der Waals surface area contributed by atoms with Gasteiger partial charge >= 0.3 is 0 Å². The Kier molecular flexibility index (Phi) is 3.17. The molecular formula is C14H13BrN4O. The lowest BCUT2D eigenvalue weighted by Crippen LogP contribution is -1.94. The zero-order valence-electron chi connectivity index (χ0n) is 11.4. The normalized spacial score (nSPS) is 11.0. The monoisotopic (exact) mass is 332 g/mol. The summed E-state index contributed by atoms with van der Waals surface area (Å²) in [6, 6.07) is 3.93. The Morgan fingerprint density at radius 1 is 1.10 bits per heavy atom. The molecular weight excluding hydrogens is 320 g/mol. The van der Waals surface area contributed by atoms with Gasteiger partial charge < -0.3 is 9.30 Å². The number of ether oxygens (including phenoxy) is 1. The van der Waals surface area contributed by atoms with Crippen molar-refractivity contribution < 1.29 is 4.74 Å². The van der Waals surface area contributed by atoms with Gasteiger partial charge in [-0.25, -0.2) is 9.97 Å². The van der Waals surface area contributed by atoms with Crippen molar-refractivity contribution in [3.63, 3.8) is 0 Å². The molecule has 0 aliphatic heterocycles. The van der Waals surface area contributed by atoms with Crippen LogP contribution in [0.4, 0.5) is 0 Å². The summed E-state index contributed by atoms with van der Waals surface area (Å²) in [4.78, 5) is 12.7. The molecule has 0 atom stereocenters. The van der Waals surface area contributed by atoms with Crippen LogP contribution in [0.25, 0.3) is 11.2 Å². The van der Waals surface area contributed by atoms with Crippen LogP contribution in [-0.4, -0.2) is 19.5 Å². The summed E-state index contributed by atoms with van der Waals surface area (Å²) >= 11 is 3.54. The van der Waals surface area contributed by atoms with Crippen molar-refractivity contribution in [2.24, 2.45) is 7.05 Å². The maximum Gasteiger partial charge on any atom is 0.250 e. The number of hydrogen-bond acceptors (Lipinski definition) is 4. The number of aryl methyl sites for hydroxylation is 3. The Hall–Kier alpha value is -1.95. The molecule has 1 aromatic carbocycles. The summed E-state index contributed by atoms with van der Waals surface area (Å²) in [6.07, 6.45) is 3.18. The van der Waals surface area contributed by atoms with Gasteiger partial charge in [-0.1, -0.05) is 15.9 Å². The number of fused-ring (bicyclic) bond motifs is 1. The number of aromatic nitrogens is 4. The first-order chi connectivity index (χ1) is 9.56. The van der Waals surface area contributed by atoms with Crippen LogP contribution in [0.1, 0.15) is 11.1 Å². The first-order valence-corrected chi connectivity index (χ1v) is 6.92. The SMILES string of the molecule is Cc1cc(Oc2ncnc3c2ncn3C)cc(C)c1Br. The number of halogens is 1. The van der Waals surface area contributed by atoms with Gasteiger partial charge in [0.2, 0.25) is 0 Å². The van der Waals surface area contributed by atoms with Gasteiger partial charge in [0.25, 0.3) is 5.88 Å². The average molecular weight is 333 g/mol. The molecule has 0 aliphatic rings. The third-order valence-electron chi connectivity index (χ3n) is 3.09. The van der Waals surface area contributed by atoms with Crippen LogP contribution in [0.5, 0.6) is 11.6 Å². The molecule has 3 rings (SSSR count). The van der Waals surface area contributed by atoms with Crippen molar-refractivity contribution >= 4 is 27.1 Å². The molecule has 102 valence electrons. The molecule has 20 heavy (non-hydrogen) atoms. The van der Waals surface area contributed by atoms with Gasteiger partial charge in [0.1, 0.15) is 12.1 Å². The predicted molar refractivity (Wildman–Crippen MR) is 80.0 cm³/mol. The van der Waals surface area contributed by atoms with Crippen molar-refractivity contribution in [2.75, 3.05) is 0 Å². The van der Waals surface area contributed by atoms with Crippen LogP contribution < -0.4 is 4.74 Å². The highest BCUT2D eigenvalue weighted by molar-refractivity contribution is 9.10. The zero-order valence-corrected chi connectivity index (χ0v) is 13.0. The van der Waals surface area contributed by atoms with Gasteiger partial charge in [0.15, 0.2) is 11.2 Å². The second-order valence-corrected chi connectivity index (χ2v) is 5.47. The van der Waals surface area contributed by atoms with E-state index in [2.05, 4.69) is 30.9 Å². The molecule has 0 bridgehead atoms. The lowest BCUT2D eigenvalue weighted by molar-refractivity contribution is 0.466. The zero-order chi connectivity index (χ0) is 14.3. The van der Waals surface area contributed by atoms with E-state index in [1.54, 1.807) is 6.33 Å². The van der Waals surface area contributed by atoms with Crippen LogP contribution >= 0.6 is 15.9 Å². The number of imidazole rings is 1. The van der Waals surface area contributed by atoms with E-state index in [9.17, 15) is 0 Å². The van der Waals surface area contributed by atoms with E-state index in [4.69, 9.17) is 4.74 Å². The van der Waals surface area contributed by atoms with Crippen LogP contribution in [0.15, 0.2) is 29.3 Å². The molecule has 6 heteroatoms. The molecule has 0 saturated heterocycles. The van der Waals surface area contributed by atoms with E-state index < -0.39 is 0 Å². The van der Waals surface area contributed by atoms with Crippen LogP contribution in [0.2, 0.25) is 0 Å². The minimum atomic E-state index is 0.469. The Labute approximate surface area is 124 Å². The van der Waals surface area contributed by atoms with E-state index in [0.29, 0.717) is 11.4 Å². The van der Waals surface area contributed by atoms with Crippen molar-refractivity contribution in [1.29, 1.82) is 0 Å². The largest absolute Gasteiger partial charge is 0.437 e. The molecule has 0 amide bonds. The molecule has 5 nitrogen and oxygen atoms in total. The Bertz CT molecular complexity index is 774. The number of benzene rings is 1. The van der Waals surface area contributed by atoms with Crippen molar-refractivity contribution in [1.82, 2.24) is 19.5 Å². The van der Waals surface area contributed by atoms with Crippen molar-refractivity contribution in [3.8, 4) is 11.6 Å². The Balaban J connectivity index is 2.05. The van der Waals surface area contributed by atoms with E-state index in [-0.39, 0.29) is 0 Å². The van der Waals surface area contributed by atoms with E-state index >= 15 is 0 Å². The molecule has 0 N–H and O–H groups in total. The predicted octanol–water partition coefficient (Wildman–Crippen LogP) is 3.53. The molecule has 2 aromatic heterocycles. The van der Waals surface area contributed by atoms with Crippen LogP contribution in [0, 0.1) is 13.8 Å². The van der Waals surface area contributed by atoms with Gasteiger partial charge in [-0.05, 0) is 37.1 Å². The third kappa shape index (κ3) is 2.16. The first kappa shape index (κ1) is 13.1. The van der Waals surface area contributed by atoms with E-state index in [0.717, 1.165) is 27.0 Å². The second-order valence-electron chi connectivity index (χ2n) is 4.68. The molecule has 0 unspecified atom stereocenters. The number of nitrogens with zero attached hydrogens (tertiary/aromatic N) is 4. The summed E-state index contributed by atoms with van der Waals surface area (Å²) < 4.78 is 8.80. The summed E-state index contributed by atoms with van der Waals surface area (Å²) in [7, 11) is 1.89. The van der Waals surface area contributed by atoms with E-state index in [1.165, 1.54) is 6.33 Å². The Morgan fingerprint density at radius 3 is 2.50 bits per heavy atom. The van der Waals surface area contributed by atoms with Crippen molar-refractivity contribution in [2.45, 2.75) is 13.8 Å². The lowest BCUT2D eigenvalue weighted by atomic mass is 10.1. The van der Waals surface area contributed by atoms with Crippen LogP contribution in [0.3, 0.4) is 0 Å². The summed E-state index contributed by atoms with van der Waals surface area (Å²) in [5.74, 6) is 1.21. The van der Waals surface area contributed by atoms with Gasteiger partial charge in [0, 0.05) is 11.5 Å². The van der Waals surface area contributed by atoms with Gasteiger partial charge in [-0.3, -0.25) is 0 Å². The molecule has 2 heterocycles. The first-order valence-electron chi connectivity index (χ1n) is 6.13. The standard InChI is InChI=1S/C14H13BrN4O/c1-8-4-10(5-9(2)11(8)15)20-14-12-13(16-6-17-14)19(3)7-18-12/h4-7H,1-3H3. The van der Waals surface area contributed by atoms with Gasteiger partial charge in [-0.2, -0.15) is 4.98 Å². The number of hydrogen-bond donors (Lipinski definition) is 0.